The predicted octanol–water partition coefficient (Wildman–Crippen LogP) is 4.98. The fourth-order valence-corrected chi connectivity index (χ4v) is 5.26. The summed E-state index contributed by atoms with van der Waals surface area (Å²) in [6, 6.07) is 19.2. The van der Waals surface area contributed by atoms with Gasteiger partial charge in [-0.25, -0.2) is 8.42 Å². The molecule has 0 bridgehead atoms. The summed E-state index contributed by atoms with van der Waals surface area (Å²) < 4.78 is 27.9. The summed E-state index contributed by atoms with van der Waals surface area (Å²) in [5, 5.41) is 3.14. The van der Waals surface area contributed by atoms with E-state index >= 15 is 0 Å². The Kier molecular flexibility index (Phi) is 7.56. The molecule has 6 nitrogen and oxygen atoms in total. The summed E-state index contributed by atoms with van der Waals surface area (Å²) in [5.41, 5.74) is 3.66. The molecule has 1 aliphatic heterocycles. The Morgan fingerprint density at radius 3 is 2.41 bits per heavy atom. The van der Waals surface area contributed by atoms with Crippen LogP contribution in [0.5, 0.6) is 0 Å². The van der Waals surface area contributed by atoms with Gasteiger partial charge in [0, 0.05) is 18.8 Å². The van der Waals surface area contributed by atoms with Crippen molar-refractivity contribution in [1.29, 1.82) is 0 Å². The van der Waals surface area contributed by atoms with E-state index in [-0.39, 0.29) is 27.1 Å². The molecule has 0 unspecified atom stereocenters. The predicted molar refractivity (Wildman–Crippen MR) is 136 cm³/mol. The molecule has 1 amide bonds. The Morgan fingerprint density at radius 2 is 1.68 bits per heavy atom. The highest BCUT2D eigenvalue weighted by Gasteiger charge is 2.17. The van der Waals surface area contributed by atoms with Crippen LogP contribution in [0.2, 0.25) is 5.02 Å². The van der Waals surface area contributed by atoms with Gasteiger partial charge >= 0.3 is 0 Å². The summed E-state index contributed by atoms with van der Waals surface area (Å²) in [4.78, 5) is 15.4. The molecule has 2 N–H and O–H groups in total. The summed E-state index contributed by atoms with van der Waals surface area (Å²) in [6.45, 7) is 5.41. The third-order valence-electron chi connectivity index (χ3n) is 5.84. The average molecular weight is 498 g/mol. The normalized spacial score (nSPS) is 14.2. The van der Waals surface area contributed by atoms with E-state index in [4.69, 9.17) is 11.6 Å². The average Bonchev–Trinajstić information content (AvgIpc) is 3.32. The first-order valence-electron chi connectivity index (χ1n) is 11.3. The van der Waals surface area contributed by atoms with Crippen LogP contribution in [-0.4, -0.2) is 32.3 Å². The number of carbonyl (C=O) groups excluding carboxylic acids is 1. The number of hydrogen-bond donors (Lipinski definition) is 2. The van der Waals surface area contributed by atoms with E-state index in [2.05, 4.69) is 27.1 Å². The number of benzene rings is 3. The highest BCUT2D eigenvalue weighted by Crippen LogP contribution is 2.23. The van der Waals surface area contributed by atoms with Gasteiger partial charge < -0.3 is 5.32 Å². The summed E-state index contributed by atoms with van der Waals surface area (Å²) in [6.07, 6.45) is 2.49. The molecule has 34 heavy (non-hydrogen) atoms. The Labute approximate surface area is 206 Å². The molecule has 0 saturated carbocycles. The van der Waals surface area contributed by atoms with E-state index in [0.29, 0.717) is 6.54 Å². The second kappa shape index (κ2) is 10.6. The molecular formula is C26H28ClN3O3S. The van der Waals surface area contributed by atoms with Gasteiger partial charge in [0.2, 0.25) is 0 Å². The molecule has 1 fully saturated rings. The zero-order valence-electron chi connectivity index (χ0n) is 19.1. The number of aryl methyl sites for hydroxylation is 1. The van der Waals surface area contributed by atoms with E-state index in [1.165, 1.54) is 36.6 Å². The SMILES string of the molecule is Cc1ccc(S(=O)(=O)Nc2ccc(Cl)c(C(=O)NCc3cccc(CN4CCCC4)c3)c2)cc1. The lowest BCUT2D eigenvalue weighted by atomic mass is 10.1. The van der Waals surface area contributed by atoms with Crippen LogP contribution in [0, 0.1) is 6.92 Å². The van der Waals surface area contributed by atoms with Gasteiger partial charge in [-0.2, -0.15) is 0 Å². The molecule has 3 aromatic carbocycles. The van der Waals surface area contributed by atoms with Gasteiger partial charge in [-0.05, 0) is 74.3 Å². The molecule has 0 spiro atoms. The molecule has 1 aliphatic rings. The number of rotatable bonds is 8. The molecule has 8 heteroatoms. The third kappa shape index (κ3) is 6.17. The van der Waals surface area contributed by atoms with Crippen molar-refractivity contribution in [2.24, 2.45) is 0 Å². The minimum atomic E-state index is -3.78. The van der Waals surface area contributed by atoms with E-state index < -0.39 is 10.0 Å². The molecule has 0 atom stereocenters. The van der Waals surface area contributed by atoms with Crippen LogP contribution in [0.1, 0.15) is 39.9 Å². The highest BCUT2D eigenvalue weighted by atomic mass is 35.5. The van der Waals surface area contributed by atoms with Crippen LogP contribution in [0.4, 0.5) is 5.69 Å². The lowest BCUT2D eigenvalue weighted by molar-refractivity contribution is 0.0951. The van der Waals surface area contributed by atoms with Crippen molar-refractivity contribution in [2.45, 2.75) is 37.8 Å². The van der Waals surface area contributed by atoms with Gasteiger partial charge in [0.25, 0.3) is 15.9 Å². The van der Waals surface area contributed by atoms with E-state index in [1.807, 2.05) is 19.1 Å². The molecule has 178 valence electrons. The van der Waals surface area contributed by atoms with Crippen molar-refractivity contribution < 1.29 is 13.2 Å². The number of sulfonamides is 1. The van der Waals surface area contributed by atoms with Crippen molar-refractivity contribution in [3.8, 4) is 0 Å². The number of halogens is 1. The fourth-order valence-electron chi connectivity index (χ4n) is 4.01. The Hall–Kier alpha value is -2.87. The number of hydrogen-bond acceptors (Lipinski definition) is 4. The summed E-state index contributed by atoms with van der Waals surface area (Å²) in [5.74, 6) is -0.369. The van der Waals surface area contributed by atoms with Gasteiger partial charge in [-0.3, -0.25) is 14.4 Å². The van der Waals surface area contributed by atoms with Crippen LogP contribution in [-0.2, 0) is 23.1 Å². The molecular weight excluding hydrogens is 470 g/mol. The zero-order chi connectivity index (χ0) is 24.1. The maximum atomic E-state index is 12.8. The Morgan fingerprint density at radius 1 is 0.971 bits per heavy atom. The van der Waals surface area contributed by atoms with Crippen molar-refractivity contribution in [3.63, 3.8) is 0 Å². The monoisotopic (exact) mass is 497 g/mol. The van der Waals surface area contributed by atoms with Crippen LogP contribution >= 0.6 is 11.6 Å². The zero-order valence-corrected chi connectivity index (χ0v) is 20.6. The number of anilines is 1. The molecule has 1 saturated heterocycles. The van der Waals surface area contributed by atoms with E-state index in [0.717, 1.165) is 30.8 Å². The van der Waals surface area contributed by atoms with Gasteiger partial charge in [0.1, 0.15) is 0 Å². The first-order chi connectivity index (χ1) is 16.3. The number of nitrogens with zero attached hydrogens (tertiary/aromatic N) is 1. The van der Waals surface area contributed by atoms with Crippen LogP contribution in [0.3, 0.4) is 0 Å². The number of amides is 1. The molecule has 3 aromatic rings. The number of likely N-dealkylation sites (tertiary alicyclic amines) is 1. The molecule has 0 aliphatic carbocycles. The fraction of sp³-hybridized carbons (Fsp3) is 0.269. The lowest BCUT2D eigenvalue weighted by Gasteiger charge is -2.15. The number of carbonyl (C=O) groups is 1. The largest absolute Gasteiger partial charge is 0.348 e. The van der Waals surface area contributed by atoms with Crippen molar-refractivity contribution in [1.82, 2.24) is 10.2 Å². The quantitative estimate of drug-likeness (QED) is 0.460. The molecule has 1 heterocycles. The van der Waals surface area contributed by atoms with Crippen molar-refractivity contribution >= 4 is 33.2 Å². The first kappa shape index (κ1) is 24.3. The maximum Gasteiger partial charge on any atom is 0.261 e. The molecule has 0 radical (unpaired) electrons. The van der Waals surface area contributed by atoms with E-state index in [1.54, 1.807) is 24.3 Å². The van der Waals surface area contributed by atoms with Gasteiger partial charge in [-0.15, -0.1) is 0 Å². The summed E-state index contributed by atoms with van der Waals surface area (Å²) >= 11 is 6.26. The third-order valence-corrected chi connectivity index (χ3v) is 7.57. The van der Waals surface area contributed by atoms with Crippen LogP contribution in [0.15, 0.2) is 71.6 Å². The maximum absolute atomic E-state index is 12.8. The molecule has 4 rings (SSSR count). The first-order valence-corrected chi connectivity index (χ1v) is 13.1. The van der Waals surface area contributed by atoms with Gasteiger partial charge in [0.15, 0.2) is 0 Å². The number of nitrogens with one attached hydrogen (secondary N) is 2. The minimum absolute atomic E-state index is 0.146. The van der Waals surface area contributed by atoms with Crippen LogP contribution < -0.4 is 10.0 Å². The standard InChI is InChI=1S/C26H28ClN3O3S/c1-19-7-10-23(11-8-19)34(32,33)29-22-9-12-25(27)24(16-22)26(31)28-17-20-5-4-6-21(15-20)18-30-13-2-3-14-30/h4-12,15-16,29H,2-3,13-14,17-18H2,1H3,(H,28,31). The van der Waals surface area contributed by atoms with Gasteiger partial charge in [-0.1, -0.05) is 53.6 Å². The second-order valence-corrected chi connectivity index (χ2v) is 10.7. The van der Waals surface area contributed by atoms with Crippen molar-refractivity contribution in [2.75, 3.05) is 17.8 Å². The highest BCUT2D eigenvalue weighted by molar-refractivity contribution is 7.92. The summed E-state index contributed by atoms with van der Waals surface area (Å²) in [7, 11) is -3.78. The topological polar surface area (TPSA) is 78.5 Å². The Balaban J connectivity index is 1.42. The van der Waals surface area contributed by atoms with Gasteiger partial charge in [0.05, 0.1) is 15.5 Å². The molecule has 0 aromatic heterocycles. The smallest absolute Gasteiger partial charge is 0.261 e. The Bertz CT molecular complexity index is 1270. The second-order valence-electron chi connectivity index (χ2n) is 8.60. The van der Waals surface area contributed by atoms with Crippen LogP contribution in [0.25, 0.3) is 0 Å². The lowest BCUT2D eigenvalue weighted by Crippen LogP contribution is -2.24. The van der Waals surface area contributed by atoms with Crippen molar-refractivity contribution in [3.05, 3.63) is 94.0 Å². The van der Waals surface area contributed by atoms with E-state index in [9.17, 15) is 13.2 Å². The minimum Gasteiger partial charge on any atom is -0.348 e.